The second kappa shape index (κ2) is 39.1. The molecular weight excluding hydrogens is 830 g/mol. The van der Waals surface area contributed by atoms with Gasteiger partial charge in [-0.1, -0.05) is 138 Å². The van der Waals surface area contributed by atoms with Crippen molar-refractivity contribution in [3.05, 3.63) is 72.9 Å². The molecule has 15 nitrogen and oxygen atoms in total. The zero-order valence-corrected chi connectivity index (χ0v) is 38.2. The van der Waals surface area contributed by atoms with E-state index in [-0.39, 0.29) is 25.7 Å². The van der Waals surface area contributed by atoms with E-state index in [1.165, 1.54) is 19.3 Å². The molecule has 0 saturated carbocycles. The highest BCUT2D eigenvalue weighted by Crippen LogP contribution is 2.43. The van der Waals surface area contributed by atoms with Gasteiger partial charge in [-0.2, -0.15) is 0 Å². The van der Waals surface area contributed by atoms with Crippen LogP contribution in [0, 0.1) is 0 Å². The van der Waals surface area contributed by atoms with Gasteiger partial charge in [0.25, 0.3) is 0 Å². The number of carbonyl (C=O) groups is 2. The Bertz CT molecular complexity index is 1390. The highest BCUT2D eigenvalue weighted by molar-refractivity contribution is 7.47. The van der Waals surface area contributed by atoms with Crippen LogP contribution in [0.4, 0.5) is 0 Å². The standard InChI is InChI=1S/C44H76O15P2/c1-3-5-7-8-9-10-11-12-13-14-15-16-20-23-27-33-44(49)59-42(38-58-61(53,54)57-36-41(47)35-56-60(50,51)52)37-55-43(48)34-28-32-40(46)31-26-22-19-17-18-21-25-30-39(45)29-24-6-4-2/h9-10,12-13,18-19,21-22,25-26,30-31,39-42,45-47H,3-8,11,14-17,20,23-24,27-29,32-38H2,1-2H3,(H,53,54)(H2,50,51,52)/b10-9-,13-12-,21-18-,22-19-,30-25+,31-26+/t39-,40-,41-,42+/m0/s1. The fourth-order valence-corrected chi connectivity index (χ4v) is 6.51. The molecule has 0 radical (unpaired) electrons. The van der Waals surface area contributed by atoms with Crippen molar-refractivity contribution in [2.45, 2.75) is 167 Å². The first kappa shape index (κ1) is 58.5. The number of phosphoric ester groups is 2. The Morgan fingerprint density at radius 3 is 1.67 bits per heavy atom. The van der Waals surface area contributed by atoms with Crippen LogP contribution in [0.1, 0.15) is 142 Å². The molecule has 0 amide bonds. The lowest BCUT2D eigenvalue weighted by Gasteiger charge is -2.20. The third-order valence-electron chi connectivity index (χ3n) is 8.77. The highest BCUT2D eigenvalue weighted by atomic mass is 31.2. The van der Waals surface area contributed by atoms with Crippen molar-refractivity contribution in [1.82, 2.24) is 0 Å². The lowest BCUT2D eigenvalue weighted by atomic mass is 10.1. The molecule has 0 aliphatic rings. The monoisotopic (exact) mass is 906 g/mol. The van der Waals surface area contributed by atoms with Crippen molar-refractivity contribution in [2.24, 2.45) is 0 Å². The zero-order chi connectivity index (χ0) is 45.5. The summed E-state index contributed by atoms with van der Waals surface area (Å²) in [6.07, 6.45) is 35.3. The van der Waals surface area contributed by atoms with Crippen molar-refractivity contribution in [2.75, 3.05) is 26.4 Å². The van der Waals surface area contributed by atoms with E-state index in [2.05, 4.69) is 47.2 Å². The molecule has 0 heterocycles. The van der Waals surface area contributed by atoms with E-state index in [0.717, 1.165) is 70.6 Å². The molecular formula is C44H76O15P2. The average Bonchev–Trinajstić information content (AvgIpc) is 3.21. The maximum Gasteiger partial charge on any atom is 0.472 e. The van der Waals surface area contributed by atoms with E-state index in [9.17, 15) is 38.9 Å². The van der Waals surface area contributed by atoms with Crippen LogP contribution in [0.25, 0.3) is 0 Å². The maximum atomic E-state index is 12.7. The SMILES string of the molecule is CCCCC/C=C\C/C=C\CCCCCCCC(=O)O[C@H](COC(=O)CCC[C@@H](O)/C=C/C=C\C/C=C\C=C\[C@@H](O)CCCCC)COP(=O)(O)OC[C@@H](O)COP(=O)(O)O. The van der Waals surface area contributed by atoms with E-state index in [0.29, 0.717) is 12.8 Å². The molecule has 0 aromatic rings. The first-order chi connectivity index (χ1) is 29.2. The van der Waals surface area contributed by atoms with Crippen LogP contribution in [0.2, 0.25) is 0 Å². The van der Waals surface area contributed by atoms with Gasteiger partial charge >= 0.3 is 27.6 Å². The minimum absolute atomic E-state index is 0.0595. The molecule has 1 unspecified atom stereocenters. The summed E-state index contributed by atoms with van der Waals surface area (Å²) in [7, 11) is -9.76. The Hall–Kier alpha value is -2.52. The predicted molar refractivity (Wildman–Crippen MR) is 237 cm³/mol. The molecule has 0 spiro atoms. The number of carbonyl (C=O) groups excluding carboxylic acids is 2. The molecule has 0 aromatic carbocycles. The van der Waals surface area contributed by atoms with Gasteiger partial charge < -0.3 is 39.5 Å². The summed E-state index contributed by atoms with van der Waals surface area (Å²) in [4.78, 5) is 52.7. The molecule has 0 fully saturated rings. The van der Waals surface area contributed by atoms with Crippen molar-refractivity contribution >= 4 is 27.6 Å². The molecule has 6 N–H and O–H groups in total. The van der Waals surface area contributed by atoms with Gasteiger partial charge in [0.15, 0.2) is 6.10 Å². The minimum atomic E-state index is -4.89. The summed E-state index contributed by atoms with van der Waals surface area (Å²) in [5.74, 6) is -1.28. The van der Waals surface area contributed by atoms with Crippen molar-refractivity contribution in [3.63, 3.8) is 0 Å². The second-order valence-electron chi connectivity index (χ2n) is 14.7. The van der Waals surface area contributed by atoms with Gasteiger partial charge in [-0.25, -0.2) is 9.13 Å². The summed E-state index contributed by atoms with van der Waals surface area (Å²) in [5.41, 5.74) is 0. The van der Waals surface area contributed by atoms with Crippen molar-refractivity contribution < 1.29 is 71.8 Å². The third kappa shape index (κ3) is 42.6. The fourth-order valence-electron chi connectivity index (χ4n) is 5.35. The number of hydrogen-bond acceptors (Lipinski definition) is 12. The molecule has 17 heteroatoms. The predicted octanol–water partition coefficient (Wildman–Crippen LogP) is 8.95. The number of rotatable bonds is 40. The molecule has 0 aromatic heterocycles. The Kier molecular flexibility index (Phi) is 37.5. The first-order valence-corrected chi connectivity index (χ1v) is 24.9. The largest absolute Gasteiger partial charge is 0.472 e. The summed E-state index contributed by atoms with van der Waals surface area (Å²) in [5, 5.41) is 29.9. The fraction of sp³-hybridized carbons (Fsp3) is 0.682. The molecule has 0 saturated heterocycles. The molecule has 0 bridgehead atoms. The molecule has 0 aliphatic carbocycles. The van der Waals surface area contributed by atoms with Crippen molar-refractivity contribution in [1.29, 1.82) is 0 Å². The second-order valence-corrected chi connectivity index (χ2v) is 17.4. The number of hydrogen-bond donors (Lipinski definition) is 6. The van der Waals surface area contributed by atoms with Crippen LogP contribution in [0.3, 0.4) is 0 Å². The van der Waals surface area contributed by atoms with Gasteiger partial charge in [0, 0.05) is 12.8 Å². The Morgan fingerprint density at radius 2 is 1.05 bits per heavy atom. The minimum Gasteiger partial charge on any atom is -0.462 e. The van der Waals surface area contributed by atoms with Gasteiger partial charge in [-0.05, 0) is 64.2 Å². The van der Waals surface area contributed by atoms with E-state index in [1.54, 1.807) is 24.3 Å². The molecule has 352 valence electrons. The Labute approximate surface area is 364 Å². The van der Waals surface area contributed by atoms with Crippen LogP contribution in [0.5, 0.6) is 0 Å². The number of aliphatic hydroxyl groups is 3. The van der Waals surface area contributed by atoms with Gasteiger partial charge in [0.2, 0.25) is 0 Å². The summed E-state index contributed by atoms with van der Waals surface area (Å²) in [6, 6.07) is 0. The molecule has 5 atom stereocenters. The van der Waals surface area contributed by atoms with Gasteiger partial charge in [-0.3, -0.25) is 23.2 Å². The number of ether oxygens (including phenoxy) is 2. The summed E-state index contributed by atoms with van der Waals surface area (Å²) < 4.78 is 47.6. The van der Waals surface area contributed by atoms with Gasteiger partial charge in [-0.15, -0.1) is 0 Å². The number of unbranched alkanes of at least 4 members (excludes halogenated alkanes) is 10. The Morgan fingerprint density at radius 1 is 0.541 bits per heavy atom. The van der Waals surface area contributed by atoms with E-state index in [4.69, 9.17) is 23.8 Å². The molecule has 0 rings (SSSR count). The first-order valence-electron chi connectivity index (χ1n) is 21.8. The lowest BCUT2D eigenvalue weighted by molar-refractivity contribution is -0.161. The smallest absolute Gasteiger partial charge is 0.462 e. The Balaban J connectivity index is 4.78. The summed E-state index contributed by atoms with van der Waals surface area (Å²) >= 11 is 0. The van der Waals surface area contributed by atoms with E-state index < -0.39 is 78.4 Å². The normalized spacial score (nSPS) is 15.7. The van der Waals surface area contributed by atoms with Crippen LogP contribution < -0.4 is 0 Å². The van der Waals surface area contributed by atoms with E-state index >= 15 is 0 Å². The quantitative estimate of drug-likeness (QED) is 0.0111. The lowest BCUT2D eigenvalue weighted by Crippen LogP contribution is -2.30. The topological polar surface area (TPSA) is 236 Å². The van der Waals surface area contributed by atoms with Crippen LogP contribution in [-0.4, -0.2) is 92.8 Å². The number of phosphoric acid groups is 2. The van der Waals surface area contributed by atoms with Crippen molar-refractivity contribution in [3.8, 4) is 0 Å². The van der Waals surface area contributed by atoms with Gasteiger partial charge in [0.05, 0.1) is 32.0 Å². The summed E-state index contributed by atoms with van der Waals surface area (Å²) in [6.45, 7) is 1.34. The number of esters is 2. The van der Waals surface area contributed by atoms with Gasteiger partial charge in [0.1, 0.15) is 12.7 Å². The van der Waals surface area contributed by atoms with Crippen LogP contribution >= 0.6 is 15.6 Å². The van der Waals surface area contributed by atoms with E-state index in [1.807, 2.05) is 24.3 Å². The van der Waals surface area contributed by atoms with Crippen LogP contribution in [0.15, 0.2) is 72.9 Å². The molecule has 61 heavy (non-hydrogen) atoms. The maximum absolute atomic E-state index is 12.7. The number of allylic oxidation sites excluding steroid dienone is 10. The average molecular weight is 907 g/mol. The number of aliphatic hydroxyl groups excluding tert-OH is 3. The highest BCUT2D eigenvalue weighted by Gasteiger charge is 2.28. The molecule has 0 aliphatic heterocycles. The zero-order valence-electron chi connectivity index (χ0n) is 36.5. The van der Waals surface area contributed by atoms with Crippen LogP contribution in [-0.2, 0) is 41.8 Å². The third-order valence-corrected chi connectivity index (χ3v) is 10.2.